The maximum absolute atomic E-state index is 13.5. The molecule has 3 aromatic rings. The van der Waals surface area contributed by atoms with Crippen LogP contribution in [0, 0.1) is 6.92 Å². The molecular formula is C24H22Br2N2O3S. The number of hydrogen-bond acceptors (Lipinski definition) is 3. The third-order valence-electron chi connectivity index (χ3n) is 5.48. The van der Waals surface area contributed by atoms with E-state index in [0.717, 1.165) is 37.7 Å². The first-order chi connectivity index (χ1) is 15.2. The van der Waals surface area contributed by atoms with Crippen LogP contribution in [-0.2, 0) is 27.8 Å². The highest BCUT2D eigenvalue weighted by molar-refractivity contribution is 9.10. The number of fused-ring (bicyclic) bond motifs is 1. The molecule has 166 valence electrons. The van der Waals surface area contributed by atoms with Crippen LogP contribution in [0.3, 0.4) is 0 Å². The van der Waals surface area contributed by atoms with Crippen molar-refractivity contribution in [3.8, 4) is 0 Å². The summed E-state index contributed by atoms with van der Waals surface area (Å²) >= 11 is 6.81. The fourth-order valence-electron chi connectivity index (χ4n) is 3.74. The number of amides is 1. The topological polar surface area (TPSA) is 57.7 Å². The fourth-order valence-corrected chi connectivity index (χ4v) is 5.79. The predicted molar refractivity (Wildman–Crippen MR) is 133 cm³/mol. The minimum atomic E-state index is -3.88. The van der Waals surface area contributed by atoms with Crippen LogP contribution in [0.2, 0.25) is 0 Å². The molecular weight excluding hydrogens is 556 g/mol. The summed E-state index contributed by atoms with van der Waals surface area (Å²) in [4.78, 5) is 15.1. The van der Waals surface area contributed by atoms with Gasteiger partial charge in [0.1, 0.15) is 0 Å². The monoisotopic (exact) mass is 576 g/mol. The van der Waals surface area contributed by atoms with Crippen LogP contribution in [0.4, 0.5) is 5.69 Å². The smallest absolute Gasteiger partial charge is 0.243 e. The number of halogens is 2. The molecule has 0 spiro atoms. The number of carbonyl (C=O) groups is 1. The van der Waals surface area contributed by atoms with Crippen LogP contribution in [0.5, 0.6) is 0 Å². The van der Waals surface area contributed by atoms with Gasteiger partial charge in [-0.25, -0.2) is 8.42 Å². The summed E-state index contributed by atoms with van der Waals surface area (Å²) in [5.74, 6) is -0.237. The zero-order valence-corrected chi connectivity index (χ0v) is 21.5. The molecule has 0 saturated carbocycles. The molecule has 0 aromatic heterocycles. The van der Waals surface area contributed by atoms with Crippen molar-refractivity contribution >= 4 is 53.5 Å². The third-order valence-corrected chi connectivity index (χ3v) is 8.31. The molecule has 0 saturated heterocycles. The van der Waals surface area contributed by atoms with E-state index in [1.54, 1.807) is 29.2 Å². The van der Waals surface area contributed by atoms with Crippen molar-refractivity contribution in [2.45, 2.75) is 24.8 Å². The lowest BCUT2D eigenvalue weighted by Crippen LogP contribution is -2.42. The molecule has 0 bridgehead atoms. The van der Waals surface area contributed by atoms with Crippen LogP contribution in [0.1, 0.15) is 16.7 Å². The molecule has 1 amide bonds. The Labute approximate surface area is 205 Å². The van der Waals surface area contributed by atoms with E-state index in [2.05, 4.69) is 31.9 Å². The number of rotatable bonds is 6. The van der Waals surface area contributed by atoms with Crippen molar-refractivity contribution in [1.82, 2.24) is 4.31 Å². The van der Waals surface area contributed by atoms with E-state index in [1.165, 1.54) is 4.31 Å². The minimum Gasteiger partial charge on any atom is -0.311 e. The van der Waals surface area contributed by atoms with E-state index >= 15 is 0 Å². The number of sulfonamides is 1. The van der Waals surface area contributed by atoms with E-state index < -0.39 is 10.0 Å². The quantitative estimate of drug-likeness (QED) is 0.399. The third kappa shape index (κ3) is 4.98. The second-order valence-corrected chi connectivity index (χ2v) is 11.6. The van der Waals surface area contributed by atoms with E-state index in [4.69, 9.17) is 0 Å². The van der Waals surface area contributed by atoms with Crippen LogP contribution >= 0.6 is 31.9 Å². The van der Waals surface area contributed by atoms with Crippen LogP contribution < -0.4 is 4.90 Å². The van der Waals surface area contributed by atoms with Crippen molar-refractivity contribution in [2.24, 2.45) is 0 Å². The number of anilines is 1. The summed E-state index contributed by atoms with van der Waals surface area (Å²) in [7, 11) is -3.88. The first-order valence-electron chi connectivity index (χ1n) is 10.1. The van der Waals surface area contributed by atoms with E-state index in [9.17, 15) is 13.2 Å². The lowest BCUT2D eigenvalue weighted by Gasteiger charge is -2.25. The van der Waals surface area contributed by atoms with Gasteiger partial charge in [0.2, 0.25) is 15.9 Å². The van der Waals surface area contributed by atoms with Crippen LogP contribution in [0.25, 0.3) is 0 Å². The summed E-state index contributed by atoms with van der Waals surface area (Å²) in [5, 5.41) is 0. The van der Waals surface area contributed by atoms with E-state index in [0.29, 0.717) is 6.54 Å². The highest BCUT2D eigenvalue weighted by atomic mass is 79.9. The van der Waals surface area contributed by atoms with Gasteiger partial charge in [-0.15, -0.1) is 0 Å². The summed E-state index contributed by atoms with van der Waals surface area (Å²) < 4.78 is 30.0. The van der Waals surface area contributed by atoms with Gasteiger partial charge in [0.05, 0.1) is 11.4 Å². The van der Waals surface area contributed by atoms with Crippen molar-refractivity contribution in [2.75, 3.05) is 18.0 Å². The van der Waals surface area contributed by atoms with Gasteiger partial charge in [0.15, 0.2) is 0 Å². The molecule has 1 heterocycles. The molecule has 0 fully saturated rings. The van der Waals surface area contributed by atoms with Gasteiger partial charge in [-0.05, 0) is 66.9 Å². The average Bonchev–Trinajstić information content (AvgIpc) is 3.18. The van der Waals surface area contributed by atoms with Crippen molar-refractivity contribution in [1.29, 1.82) is 0 Å². The van der Waals surface area contributed by atoms with E-state index in [1.807, 2.05) is 49.4 Å². The Kier molecular flexibility index (Phi) is 6.86. The summed E-state index contributed by atoms with van der Waals surface area (Å²) in [5.41, 5.74) is 3.84. The van der Waals surface area contributed by atoms with Gasteiger partial charge >= 0.3 is 0 Å². The first kappa shape index (κ1) is 23.2. The van der Waals surface area contributed by atoms with Gasteiger partial charge in [0.25, 0.3) is 0 Å². The van der Waals surface area contributed by atoms with Gasteiger partial charge in [-0.3, -0.25) is 4.79 Å². The second-order valence-electron chi connectivity index (χ2n) is 7.78. The predicted octanol–water partition coefficient (Wildman–Crippen LogP) is 5.30. The zero-order valence-electron chi connectivity index (χ0n) is 17.5. The summed E-state index contributed by atoms with van der Waals surface area (Å²) in [6.07, 6.45) is 0.748. The largest absolute Gasteiger partial charge is 0.311 e. The Hall–Kier alpha value is -2.00. The van der Waals surface area contributed by atoms with Gasteiger partial charge < -0.3 is 4.90 Å². The lowest BCUT2D eigenvalue weighted by atomic mass is 10.1. The maximum atomic E-state index is 13.5. The Balaban J connectivity index is 1.64. The standard InChI is InChI=1S/C24H22Br2N2O3S/c1-17-2-4-18(5-3-17)15-27(32(30,31)22-9-6-20(25)7-10-22)16-24(29)28-13-12-19-14-21(26)8-11-23(19)28/h2-11,14H,12-13,15-16H2,1H3. The fraction of sp³-hybridized carbons (Fsp3) is 0.208. The molecule has 0 N–H and O–H groups in total. The number of carbonyl (C=O) groups excluding carboxylic acids is 1. The summed E-state index contributed by atoms with van der Waals surface area (Å²) in [6.45, 7) is 2.40. The molecule has 8 heteroatoms. The van der Waals surface area contributed by atoms with Gasteiger partial charge in [-0.2, -0.15) is 4.31 Å². The zero-order chi connectivity index (χ0) is 22.9. The SMILES string of the molecule is Cc1ccc(CN(CC(=O)N2CCc3cc(Br)ccc32)S(=O)(=O)c2ccc(Br)cc2)cc1. The Morgan fingerprint density at radius 1 is 0.969 bits per heavy atom. The van der Waals surface area contributed by atoms with Crippen LogP contribution in [-0.4, -0.2) is 31.7 Å². The van der Waals surface area contributed by atoms with E-state index in [-0.39, 0.29) is 23.9 Å². The highest BCUT2D eigenvalue weighted by Crippen LogP contribution is 2.31. The number of hydrogen-bond donors (Lipinski definition) is 0. The Bertz CT molecular complexity index is 1240. The molecule has 0 radical (unpaired) electrons. The lowest BCUT2D eigenvalue weighted by molar-refractivity contribution is -0.118. The molecule has 1 aliphatic rings. The van der Waals surface area contributed by atoms with Crippen LogP contribution in [0.15, 0.2) is 80.6 Å². The molecule has 0 atom stereocenters. The molecule has 1 aliphatic heterocycles. The molecule has 4 rings (SSSR count). The number of aryl methyl sites for hydroxylation is 1. The normalized spacial score (nSPS) is 13.4. The molecule has 5 nitrogen and oxygen atoms in total. The Morgan fingerprint density at radius 3 is 2.31 bits per heavy atom. The molecule has 0 unspecified atom stereocenters. The van der Waals surface area contributed by atoms with Crippen molar-refractivity contribution in [3.05, 3.63) is 92.4 Å². The van der Waals surface area contributed by atoms with Crippen molar-refractivity contribution in [3.63, 3.8) is 0 Å². The number of nitrogens with zero attached hydrogens (tertiary/aromatic N) is 2. The first-order valence-corrected chi connectivity index (χ1v) is 13.2. The molecule has 0 aliphatic carbocycles. The molecule has 32 heavy (non-hydrogen) atoms. The highest BCUT2D eigenvalue weighted by Gasteiger charge is 2.31. The summed E-state index contributed by atoms with van der Waals surface area (Å²) in [6, 6.07) is 20.0. The Morgan fingerprint density at radius 2 is 1.62 bits per heavy atom. The van der Waals surface area contributed by atoms with Gasteiger partial charge in [-0.1, -0.05) is 61.7 Å². The molecule has 3 aromatic carbocycles. The second kappa shape index (κ2) is 9.47. The minimum absolute atomic E-state index is 0.117. The van der Waals surface area contributed by atoms with Gasteiger partial charge in [0, 0.05) is 27.7 Å². The average molecular weight is 578 g/mol. The maximum Gasteiger partial charge on any atom is 0.243 e. The van der Waals surface area contributed by atoms with Crippen molar-refractivity contribution < 1.29 is 13.2 Å². The number of benzene rings is 3.